The highest BCUT2D eigenvalue weighted by atomic mass is 32.4. The zero-order chi connectivity index (χ0) is 14.0. The standard InChI is InChI=1S/C10H18NO3PS2/c1-10(2,3)9(12)14-8-17-7-5-4-6-11(13)15-16/h4-5,13H,6-8H2,1-3H3/b5-4-/i13T. The highest BCUT2D eigenvalue weighted by Crippen LogP contribution is 2.16. The fraction of sp³-hybridized carbons (Fsp3) is 0.700. The molecule has 0 aliphatic rings. The van der Waals surface area contributed by atoms with E-state index < -0.39 is 5.41 Å². The van der Waals surface area contributed by atoms with Crippen LogP contribution in [0.2, 0.25) is 1.43 Å². The summed E-state index contributed by atoms with van der Waals surface area (Å²) in [6, 6.07) is 0. The van der Waals surface area contributed by atoms with Crippen molar-refractivity contribution in [1.29, 1.82) is 0 Å². The second-order valence-electron chi connectivity index (χ2n) is 4.26. The Morgan fingerprint density at radius 2 is 2.35 bits per heavy atom. The van der Waals surface area contributed by atoms with Gasteiger partial charge in [0.1, 0.15) is 5.94 Å². The van der Waals surface area contributed by atoms with Crippen LogP contribution in [-0.2, 0) is 21.3 Å². The average Bonchev–Trinajstić information content (AvgIpc) is 2.31. The van der Waals surface area contributed by atoms with Crippen LogP contribution in [0.25, 0.3) is 0 Å². The molecule has 17 heavy (non-hydrogen) atoms. The van der Waals surface area contributed by atoms with Crippen molar-refractivity contribution >= 4 is 37.0 Å². The van der Waals surface area contributed by atoms with Gasteiger partial charge in [-0.05, 0) is 32.6 Å². The normalized spacial score (nSPS) is 13.3. The third-order valence-electron chi connectivity index (χ3n) is 1.62. The molecule has 0 fully saturated rings. The van der Waals surface area contributed by atoms with Gasteiger partial charge >= 0.3 is 5.97 Å². The van der Waals surface area contributed by atoms with Crippen LogP contribution in [0, 0.1) is 5.41 Å². The average molecular weight is 297 g/mol. The smallest absolute Gasteiger partial charge is 0.312 e. The highest BCUT2D eigenvalue weighted by molar-refractivity contribution is 7.99. The minimum atomic E-state index is -0.453. The van der Waals surface area contributed by atoms with Crippen molar-refractivity contribution in [1.82, 2.24) is 4.83 Å². The van der Waals surface area contributed by atoms with Gasteiger partial charge in [0, 0.05) is 5.75 Å². The molecule has 0 saturated heterocycles. The van der Waals surface area contributed by atoms with Crippen molar-refractivity contribution in [3.8, 4) is 0 Å². The molecule has 0 aromatic rings. The van der Waals surface area contributed by atoms with Gasteiger partial charge in [0.25, 0.3) is 0 Å². The lowest BCUT2D eigenvalue weighted by Crippen LogP contribution is -2.22. The molecule has 0 rings (SSSR count). The number of hydrogen-bond donors (Lipinski definition) is 1. The van der Waals surface area contributed by atoms with Crippen LogP contribution in [0.15, 0.2) is 12.2 Å². The second kappa shape index (κ2) is 9.00. The van der Waals surface area contributed by atoms with Gasteiger partial charge in [-0.25, -0.2) is 0 Å². The molecule has 7 heteroatoms. The first-order chi connectivity index (χ1) is 8.41. The molecule has 4 nitrogen and oxygen atoms in total. The Morgan fingerprint density at radius 3 is 2.88 bits per heavy atom. The second-order valence-corrected chi connectivity index (χ2v) is 6.33. The highest BCUT2D eigenvalue weighted by Gasteiger charge is 2.22. The molecule has 0 bridgehead atoms. The van der Waals surface area contributed by atoms with Crippen molar-refractivity contribution in [2.24, 2.45) is 5.41 Å². The van der Waals surface area contributed by atoms with E-state index in [2.05, 4.69) is 5.21 Å². The van der Waals surface area contributed by atoms with Crippen LogP contribution in [0.5, 0.6) is 0 Å². The Bertz CT molecular complexity index is 297. The molecule has 0 atom stereocenters. The lowest BCUT2D eigenvalue weighted by atomic mass is 9.98. The van der Waals surface area contributed by atoms with Gasteiger partial charge in [-0.1, -0.05) is 12.2 Å². The predicted molar refractivity (Wildman–Crippen MR) is 74.8 cm³/mol. The zero-order valence-electron chi connectivity index (χ0n) is 11.2. The monoisotopic (exact) mass is 297 g/mol. The predicted octanol–water partition coefficient (Wildman–Crippen LogP) is 2.84. The van der Waals surface area contributed by atoms with E-state index in [0.29, 0.717) is 20.0 Å². The third-order valence-corrected chi connectivity index (χ3v) is 3.22. The largest absolute Gasteiger partial charge is 0.454 e. The summed E-state index contributed by atoms with van der Waals surface area (Å²) < 4.78 is 11.8. The summed E-state index contributed by atoms with van der Waals surface area (Å²) in [7, 11) is 0.478. The molecule has 98 valence electrons. The van der Waals surface area contributed by atoms with Gasteiger partial charge < -0.3 is 9.95 Å². The van der Waals surface area contributed by atoms with E-state index in [1.807, 2.05) is 32.9 Å². The van der Waals surface area contributed by atoms with Crippen LogP contribution in [-0.4, -0.2) is 34.2 Å². The topological polar surface area (TPSA) is 49.8 Å². The van der Waals surface area contributed by atoms with E-state index in [1.54, 1.807) is 0 Å². The number of nitrogens with zero attached hydrogens (tertiary/aromatic N) is 1. The molecule has 0 heterocycles. The molecule has 0 aromatic heterocycles. The first-order valence-electron chi connectivity index (χ1n) is 5.46. The van der Waals surface area contributed by atoms with E-state index in [0.717, 1.165) is 5.75 Å². The number of carbonyl (C=O) groups is 1. The summed E-state index contributed by atoms with van der Waals surface area (Å²) >= 11 is 6.21. The van der Waals surface area contributed by atoms with Crippen LogP contribution in [0.1, 0.15) is 20.8 Å². The molecule has 0 spiro atoms. The molecule has 0 unspecified atom stereocenters. The Hall–Kier alpha value is -0.0000000000000000278. The van der Waals surface area contributed by atoms with Crippen molar-refractivity contribution in [2.75, 3.05) is 18.2 Å². The summed E-state index contributed by atoms with van der Waals surface area (Å²) in [5.41, 5.74) is -0.453. The van der Waals surface area contributed by atoms with Gasteiger partial charge in [-0.15, -0.1) is 16.6 Å². The summed E-state index contributed by atoms with van der Waals surface area (Å²) in [5.74, 6) is 0.883. The maximum absolute atomic E-state index is 11.4. The molecular weight excluding hydrogens is 277 g/mol. The van der Waals surface area contributed by atoms with E-state index in [9.17, 15) is 4.79 Å². The van der Waals surface area contributed by atoms with Crippen LogP contribution < -0.4 is 0 Å². The van der Waals surface area contributed by atoms with Crippen molar-refractivity contribution in [2.45, 2.75) is 20.8 Å². The Kier molecular flexibility index (Phi) is 7.97. The van der Waals surface area contributed by atoms with Gasteiger partial charge in [0.2, 0.25) is 1.43 Å². The number of carbonyl (C=O) groups excluding carboxylic acids is 1. The first-order valence-corrected chi connectivity index (χ1v) is 8.07. The molecule has 0 aliphatic carbocycles. The van der Waals surface area contributed by atoms with Crippen LogP contribution in [0.4, 0.5) is 0 Å². The van der Waals surface area contributed by atoms with E-state index in [1.165, 1.54) is 16.6 Å². The molecule has 0 amide bonds. The maximum Gasteiger partial charge on any atom is 0.312 e. The lowest BCUT2D eigenvalue weighted by molar-refractivity contribution is -0.150. The third kappa shape index (κ3) is 9.68. The SMILES string of the molecule is [3H]ON(C/C=C\CSCOC(=O)C(C)(C)C)P=S. The molecule has 0 radical (unpaired) electrons. The van der Waals surface area contributed by atoms with Gasteiger partial charge in [0.05, 0.1) is 19.5 Å². The summed E-state index contributed by atoms with van der Waals surface area (Å²) in [6.45, 7) is 5.94. The number of hydrogen-bond acceptors (Lipinski definition) is 5. The van der Waals surface area contributed by atoms with Crippen LogP contribution >= 0.6 is 19.3 Å². The quantitative estimate of drug-likeness (QED) is 0.186. The Morgan fingerprint density at radius 1 is 1.65 bits per heavy atom. The summed E-state index contributed by atoms with van der Waals surface area (Å²) in [4.78, 5) is 12.7. The number of esters is 1. The van der Waals surface area contributed by atoms with E-state index >= 15 is 0 Å². The van der Waals surface area contributed by atoms with Crippen molar-refractivity contribution < 1.29 is 16.2 Å². The summed E-state index contributed by atoms with van der Waals surface area (Å²) in [6.07, 6.45) is 3.77. The van der Waals surface area contributed by atoms with Crippen molar-refractivity contribution in [3.63, 3.8) is 0 Å². The zero-order valence-corrected chi connectivity index (χ0v) is 12.7. The van der Waals surface area contributed by atoms with Crippen LogP contribution in [0.3, 0.4) is 0 Å². The van der Waals surface area contributed by atoms with Gasteiger partial charge in [-0.2, -0.15) is 0 Å². The fourth-order valence-electron chi connectivity index (χ4n) is 0.694. The summed E-state index contributed by atoms with van der Waals surface area (Å²) in [5, 5.41) is 4.24. The molecule has 1 N–H and O–H groups in total. The maximum atomic E-state index is 11.4. The molecule has 0 aromatic carbocycles. The Labute approximate surface area is 115 Å². The van der Waals surface area contributed by atoms with Gasteiger partial charge in [0.15, 0.2) is 0 Å². The van der Waals surface area contributed by atoms with E-state index in [4.69, 9.17) is 18.0 Å². The molecule has 0 aliphatic heterocycles. The Balaban J connectivity index is 3.60. The van der Waals surface area contributed by atoms with Gasteiger partial charge in [-0.3, -0.25) is 4.79 Å². The molecule has 0 saturated carbocycles. The first kappa shape index (κ1) is 15.1. The fourth-order valence-corrected chi connectivity index (χ4v) is 1.61. The molecular formula is C10H18NO3PS2. The number of hydroxylamine groups is 1. The number of ether oxygens (including phenoxy) is 1. The lowest BCUT2D eigenvalue weighted by Gasteiger charge is -2.15. The van der Waals surface area contributed by atoms with E-state index in [-0.39, 0.29) is 5.97 Å². The minimum Gasteiger partial charge on any atom is -0.454 e. The number of thioether (sulfide) groups is 1. The van der Waals surface area contributed by atoms with Crippen molar-refractivity contribution in [3.05, 3.63) is 12.2 Å². The minimum absolute atomic E-state index is 0.197. The number of rotatable bonds is 8.